The summed E-state index contributed by atoms with van der Waals surface area (Å²) in [7, 11) is 0. The Hall–Kier alpha value is -0.820. The van der Waals surface area contributed by atoms with Crippen LogP contribution in [0.2, 0.25) is 0 Å². The molecule has 4 rings (SSSR count). The zero-order valence-electron chi connectivity index (χ0n) is 12.9. The number of rotatable bonds is 2. The van der Waals surface area contributed by atoms with Crippen LogP contribution >= 0.6 is 23.1 Å². The number of hydrogen-bond acceptors (Lipinski definition) is 4. The van der Waals surface area contributed by atoms with E-state index in [9.17, 15) is 5.11 Å². The third-order valence-corrected chi connectivity index (χ3v) is 6.48. The normalized spacial score (nSPS) is 23.7. The lowest BCUT2D eigenvalue weighted by atomic mass is 10.1. The number of halogens is 1. The molecule has 2 aliphatic heterocycles. The number of hydrogen-bond donors (Lipinski definition) is 1. The third-order valence-electron chi connectivity index (χ3n) is 4.27. The highest BCUT2D eigenvalue weighted by molar-refractivity contribution is 8.13. The van der Waals surface area contributed by atoms with E-state index in [1.54, 1.807) is 11.3 Å². The molecule has 0 bridgehead atoms. The van der Waals surface area contributed by atoms with Crippen LogP contribution in [-0.4, -0.2) is 33.7 Å². The SMILES string of the molecule is Cc1cccc(N2CC(O)(c3cccs3)[N+]3=C2SCCC3)c1.[Br-]. The molecule has 0 saturated heterocycles. The van der Waals surface area contributed by atoms with E-state index in [1.165, 1.54) is 16.4 Å². The Kier molecular flexibility index (Phi) is 4.88. The Bertz CT molecular complexity index is 732. The van der Waals surface area contributed by atoms with Crippen LogP contribution in [0.15, 0.2) is 41.8 Å². The van der Waals surface area contributed by atoms with Crippen molar-refractivity contribution in [3.05, 3.63) is 52.2 Å². The van der Waals surface area contributed by atoms with Gasteiger partial charge < -0.3 is 22.1 Å². The van der Waals surface area contributed by atoms with Crippen molar-refractivity contribution in [2.24, 2.45) is 0 Å². The second-order valence-corrected chi connectivity index (χ2v) is 7.87. The largest absolute Gasteiger partial charge is 1.00 e. The van der Waals surface area contributed by atoms with E-state index < -0.39 is 5.72 Å². The molecule has 122 valence electrons. The van der Waals surface area contributed by atoms with Gasteiger partial charge in [-0.05, 0) is 54.2 Å². The summed E-state index contributed by atoms with van der Waals surface area (Å²) in [6.45, 7) is 3.62. The van der Waals surface area contributed by atoms with Crippen molar-refractivity contribution < 1.29 is 26.7 Å². The maximum atomic E-state index is 11.4. The first-order valence-corrected chi connectivity index (χ1v) is 9.43. The fraction of sp³-hybridized carbons (Fsp3) is 0.353. The standard InChI is InChI=1S/C17H19N2OS2.BrH/c1-13-5-2-6-14(11-13)18-12-17(20,15-7-3-9-21-15)19-8-4-10-22-16(18)19;/h2-3,5-7,9,11,20H,4,8,10,12H2,1H3;1H/q+1;/p-1. The quantitative estimate of drug-likeness (QED) is 0.717. The maximum Gasteiger partial charge on any atom is 0.316 e. The molecule has 2 aromatic rings. The molecule has 3 nitrogen and oxygen atoms in total. The van der Waals surface area contributed by atoms with E-state index in [2.05, 4.69) is 40.7 Å². The van der Waals surface area contributed by atoms with E-state index in [0.29, 0.717) is 6.54 Å². The monoisotopic (exact) mass is 410 g/mol. The molecule has 23 heavy (non-hydrogen) atoms. The van der Waals surface area contributed by atoms with Crippen LogP contribution in [0.3, 0.4) is 0 Å². The van der Waals surface area contributed by atoms with E-state index in [0.717, 1.165) is 23.6 Å². The fourth-order valence-electron chi connectivity index (χ4n) is 3.21. The molecule has 3 heterocycles. The van der Waals surface area contributed by atoms with Crippen LogP contribution in [0, 0.1) is 6.92 Å². The summed E-state index contributed by atoms with van der Waals surface area (Å²) in [5.74, 6) is 1.12. The Balaban J connectivity index is 0.00000156. The Morgan fingerprint density at radius 2 is 2.13 bits per heavy atom. The van der Waals surface area contributed by atoms with Gasteiger partial charge in [0.1, 0.15) is 5.69 Å². The zero-order valence-corrected chi connectivity index (χ0v) is 16.1. The van der Waals surface area contributed by atoms with Gasteiger partial charge in [0.2, 0.25) is 0 Å². The van der Waals surface area contributed by atoms with Crippen LogP contribution in [0.4, 0.5) is 5.69 Å². The Morgan fingerprint density at radius 3 is 2.87 bits per heavy atom. The smallest absolute Gasteiger partial charge is 0.316 e. The number of aliphatic hydroxyl groups is 1. The van der Waals surface area contributed by atoms with Gasteiger partial charge in [-0.3, -0.25) is 0 Å². The van der Waals surface area contributed by atoms with E-state index >= 15 is 0 Å². The number of amidine groups is 1. The maximum absolute atomic E-state index is 11.4. The molecule has 2 aliphatic rings. The molecule has 1 aromatic carbocycles. The predicted molar refractivity (Wildman–Crippen MR) is 94.0 cm³/mol. The highest BCUT2D eigenvalue weighted by atomic mass is 79.9. The van der Waals surface area contributed by atoms with Gasteiger partial charge in [-0.2, -0.15) is 0 Å². The lowest BCUT2D eigenvalue weighted by Crippen LogP contribution is -3.00. The summed E-state index contributed by atoms with van der Waals surface area (Å²) in [6, 6.07) is 12.6. The van der Waals surface area contributed by atoms with Crippen LogP contribution < -0.4 is 21.9 Å². The highest BCUT2D eigenvalue weighted by Gasteiger charge is 2.53. The second kappa shape index (κ2) is 6.59. The average molecular weight is 411 g/mol. The van der Waals surface area contributed by atoms with Gasteiger partial charge in [0.05, 0.1) is 11.4 Å². The van der Waals surface area contributed by atoms with Gasteiger partial charge in [-0.25, -0.2) is 9.48 Å². The number of thiophene rings is 1. The molecule has 0 amide bonds. The lowest BCUT2D eigenvalue weighted by Gasteiger charge is -2.22. The van der Waals surface area contributed by atoms with Gasteiger partial charge in [0.15, 0.2) is 6.54 Å². The molecule has 0 spiro atoms. The molecule has 1 atom stereocenters. The minimum Gasteiger partial charge on any atom is -1.00 e. The van der Waals surface area contributed by atoms with Crippen molar-refractivity contribution in [1.82, 2.24) is 0 Å². The highest BCUT2D eigenvalue weighted by Crippen LogP contribution is 2.39. The summed E-state index contributed by atoms with van der Waals surface area (Å²) < 4.78 is 2.19. The average Bonchev–Trinajstić information content (AvgIpc) is 3.16. The van der Waals surface area contributed by atoms with Crippen molar-refractivity contribution in [1.29, 1.82) is 0 Å². The molecular weight excluding hydrogens is 392 g/mol. The van der Waals surface area contributed by atoms with E-state index in [1.807, 2.05) is 29.3 Å². The second-order valence-electron chi connectivity index (χ2n) is 5.86. The number of β-amino-alcohol motifs (C(OH)–C–C–N with tert-alkyl or cyclic N) is 1. The number of aryl methyl sites for hydroxylation is 1. The molecule has 0 radical (unpaired) electrons. The summed E-state index contributed by atoms with van der Waals surface area (Å²) in [5, 5.41) is 14.6. The molecule has 1 aromatic heterocycles. The van der Waals surface area contributed by atoms with Gasteiger partial charge in [-0.1, -0.05) is 18.2 Å². The third kappa shape index (κ3) is 2.86. The molecule has 0 saturated carbocycles. The van der Waals surface area contributed by atoms with Crippen molar-refractivity contribution in [3.63, 3.8) is 0 Å². The Labute approximate surface area is 155 Å². The number of nitrogens with zero attached hydrogens (tertiary/aromatic N) is 2. The fourth-order valence-corrected chi connectivity index (χ4v) is 5.22. The predicted octanol–water partition coefficient (Wildman–Crippen LogP) is 0.231. The number of benzene rings is 1. The summed E-state index contributed by atoms with van der Waals surface area (Å²) in [4.78, 5) is 3.30. The summed E-state index contributed by atoms with van der Waals surface area (Å²) >= 11 is 3.49. The molecule has 6 heteroatoms. The number of thioether (sulfide) groups is 1. The summed E-state index contributed by atoms with van der Waals surface area (Å²) in [6.07, 6.45) is 1.11. The minimum atomic E-state index is -0.902. The van der Waals surface area contributed by atoms with Gasteiger partial charge in [0.25, 0.3) is 5.72 Å². The van der Waals surface area contributed by atoms with Gasteiger partial charge in [-0.15, -0.1) is 11.3 Å². The first-order valence-electron chi connectivity index (χ1n) is 7.56. The van der Waals surface area contributed by atoms with Crippen LogP contribution in [0.1, 0.15) is 16.9 Å². The number of anilines is 1. The first kappa shape index (κ1) is 17.0. The zero-order chi connectivity index (χ0) is 15.2. The van der Waals surface area contributed by atoms with Crippen molar-refractivity contribution in [2.45, 2.75) is 19.1 Å². The molecule has 0 fully saturated rings. The molecular formula is C17H19BrN2OS2. The van der Waals surface area contributed by atoms with Crippen LogP contribution in [-0.2, 0) is 5.72 Å². The molecule has 1 unspecified atom stereocenters. The van der Waals surface area contributed by atoms with E-state index in [4.69, 9.17) is 0 Å². The van der Waals surface area contributed by atoms with E-state index in [-0.39, 0.29) is 17.0 Å². The van der Waals surface area contributed by atoms with Crippen molar-refractivity contribution >= 4 is 34.0 Å². The summed E-state index contributed by atoms with van der Waals surface area (Å²) in [5.41, 5.74) is 1.51. The molecule has 0 aliphatic carbocycles. The Morgan fingerprint density at radius 1 is 1.26 bits per heavy atom. The minimum absolute atomic E-state index is 0. The topological polar surface area (TPSA) is 26.5 Å². The first-order chi connectivity index (χ1) is 10.7. The van der Waals surface area contributed by atoms with Gasteiger partial charge >= 0.3 is 5.17 Å². The van der Waals surface area contributed by atoms with Gasteiger partial charge in [0, 0.05) is 5.75 Å². The molecule has 1 N–H and O–H groups in total. The van der Waals surface area contributed by atoms with Crippen molar-refractivity contribution in [2.75, 3.05) is 23.7 Å². The van der Waals surface area contributed by atoms with Crippen LogP contribution in [0.5, 0.6) is 0 Å². The van der Waals surface area contributed by atoms with Crippen molar-refractivity contribution in [3.8, 4) is 0 Å². The van der Waals surface area contributed by atoms with Crippen LogP contribution in [0.25, 0.3) is 0 Å². The lowest BCUT2D eigenvalue weighted by molar-refractivity contribution is -0.655.